The molecule has 0 N–H and O–H groups in total. The van der Waals surface area contributed by atoms with E-state index in [-0.39, 0.29) is 12.0 Å². The predicted molar refractivity (Wildman–Crippen MR) is 144 cm³/mol. The second-order valence-electron chi connectivity index (χ2n) is 10.8. The van der Waals surface area contributed by atoms with Crippen molar-refractivity contribution in [2.45, 2.75) is 60.3 Å². The number of carbonyl (C=O) groups excluding carboxylic acids is 1. The third-order valence-electron chi connectivity index (χ3n) is 5.99. The number of nitrogens with zero attached hydrogens (tertiary/aromatic N) is 4. The number of carbonyl (C=O) groups is 1. The van der Waals surface area contributed by atoms with Crippen molar-refractivity contribution in [1.82, 2.24) is 19.6 Å². The Kier molecular flexibility index (Phi) is 7.41. The quantitative estimate of drug-likeness (QED) is 0.268. The van der Waals surface area contributed by atoms with Gasteiger partial charge in [-0.15, -0.1) is 0 Å². The van der Waals surface area contributed by atoms with Gasteiger partial charge < -0.3 is 14.2 Å². The predicted octanol–water partition coefficient (Wildman–Crippen LogP) is 5.80. The van der Waals surface area contributed by atoms with Gasteiger partial charge in [0.25, 0.3) is 0 Å². The molecule has 4 rings (SSSR count). The Morgan fingerprint density at radius 1 is 1.03 bits per heavy atom. The lowest BCUT2D eigenvalue weighted by molar-refractivity contribution is -0.166. The highest BCUT2D eigenvalue weighted by Gasteiger charge is 2.30. The molecule has 196 valence electrons. The van der Waals surface area contributed by atoms with Gasteiger partial charge in [0, 0.05) is 17.5 Å². The van der Waals surface area contributed by atoms with Crippen molar-refractivity contribution >= 4 is 16.9 Å². The Morgan fingerprint density at radius 3 is 2.49 bits per heavy atom. The third-order valence-corrected chi connectivity index (χ3v) is 5.99. The van der Waals surface area contributed by atoms with Crippen molar-refractivity contribution in [3.05, 3.63) is 60.4 Å². The molecule has 0 radical (unpaired) electrons. The minimum absolute atomic E-state index is 0.0446. The number of para-hydroxylation sites is 1. The Labute approximate surface area is 218 Å². The smallest absolute Gasteiger partial charge is 0.337 e. The van der Waals surface area contributed by atoms with Crippen LogP contribution in [0.15, 0.2) is 54.7 Å². The Bertz CT molecular complexity index is 1390. The molecule has 0 spiro atoms. The monoisotopic (exact) mass is 504 g/mol. The van der Waals surface area contributed by atoms with E-state index in [1.165, 1.54) is 7.11 Å². The Morgan fingerprint density at radius 2 is 1.78 bits per heavy atom. The molecule has 0 atom stereocenters. The van der Waals surface area contributed by atoms with Gasteiger partial charge in [0.05, 0.1) is 49.1 Å². The van der Waals surface area contributed by atoms with E-state index in [2.05, 4.69) is 32.8 Å². The van der Waals surface area contributed by atoms with Gasteiger partial charge in [-0.2, -0.15) is 10.2 Å². The van der Waals surface area contributed by atoms with Crippen LogP contribution in [0.3, 0.4) is 0 Å². The minimum atomic E-state index is -1.10. The number of hydrogen-bond donors (Lipinski definition) is 0. The number of fused-ring (bicyclic) bond motifs is 1. The van der Waals surface area contributed by atoms with Crippen molar-refractivity contribution in [3.63, 3.8) is 0 Å². The van der Waals surface area contributed by atoms with Gasteiger partial charge in [0.1, 0.15) is 5.75 Å². The lowest BCUT2D eigenvalue weighted by atomic mass is 9.99. The van der Waals surface area contributed by atoms with Crippen LogP contribution >= 0.6 is 0 Å². The van der Waals surface area contributed by atoms with E-state index < -0.39 is 11.6 Å². The third kappa shape index (κ3) is 5.85. The van der Waals surface area contributed by atoms with E-state index in [1.807, 2.05) is 64.1 Å². The lowest BCUT2D eigenvalue weighted by Crippen LogP contribution is -2.35. The number of aryl methyl sites for hydroxylation is 1. The first-order valence-corrected chi connectivity index (χ1v) is 12.5. The van der Waals surface area contributed by atoms with E-state index in [0.717, 1.165) is 40.1 Å². The van der Waals surface area contributed by atoms with Gasteiger partial charge in [-0.3, -0.25) is 4.68 Å². The molecule has 8 heteroatoms. The van der Waals surface area contributed by atoms with Gasteiger partial charge in [-0.25, -0.2) is 9.48 Å². The summed E-state index contributed by atoms with van der Waals surface area (Å²) >= 11 is 0. The maximum atomic E-state index is 12.1. The molecular weight excluding hydrogens is 468 g/mol. The summed E-state index contributed by atoms with van der Waals surface area (Å²) < 4.78 is 20.8. The second-order valence-corrected chi connectivity index (χ2v) is 10.8. The molecule has 0 saturated carbocycles. The topological polar surface area (TPSA) is 80.4 Å². The molecule has 0 aliphatic heterocycles. The standard InChI is InChI=1S/C29H36N4O4/c1-8-32-26-21(17-30-32)12-10-14-24(26)33-25(16-22(31-33)18-37-29(5,6)27(34)35-7)20-11-9-13-23(15-20)36-19-28(2,3)4/h9-17H,8,18-19H2,1-7H3. The summed E-state index contributed by atoms with van der Waals surface area (Å²) in [5.41, 5.74) is 3.38. The molecule has 8 nitrogen and oxygen atoms in total. The molecule has 2 aromatic heterocycles. The summed E-state index contributed by atoms with van der Waals surface area (Å²) in [7, 11) is 1.35. The van der Waals surface area contributed by atoms with Gasteiger partial charge in [0.2, 0.25) is 0 Å². The minimum Gasteiger partial charge on any atom is -0.493 e. The maximum Gasteiger partial charge on any atom is 0.337 e. The second kappa shape index (κ2) is 10.4. The molecule has 4 aromatic rings. The summed E-state index contributed by atoms with van der Waals surface area (Å²) in [6.07, 6.45) is 1.87. The average molecular weight is 505 g/mol. The molecule has 0 bridgehead atoms. The Hall–Kier alpha value is -3.65. The number of esters is 1. The van der Waals surface area contributed by atoms with Gasteiger partial charge >= 0.3 is 5.97 Å². The molecule has 2 aromatic carbocycles. The summed E-state index contributed by atoms with van der Waals surface area (Å²) in [5.74, 6) is 0.356. The first-order valence-electron chi connectivity index (χ1n) is 12.5. The number of aromatic nitrogens is 4. The van der Waals surface area contributed by atoms with E-state index in [9.17, 15) is 4.79 Å². The van der Waals surface area contributed by atoms with Crippen molar-refractivity contribution < 1.29 is 19.0 Å². The van der Waals surface area contributed by atoms with Crippen LogP contribution in [0, 0.1) is 5.41 Å². The molecule has 0 unspecified atom stereocenters. The zero-order chi connectivity index (χ0) is 26.8. The molecule has 0 saturated heterocycles. The first-order chi connectivity index (χ1) is 17.5. The SMILES string of the molecule is CCn1ncc2cccc(-n3nc(COC(C)(C)C(=O)OC)cc3-c3cccc(OCC(C)(C)C)c3)c21. The van der Waals surface area contributed by atoms with Crippen LogP contribution in [0.1, 0.15) is 47.2 Å². The van der Waals surface area contributed by atoms with Crippen LogP contribution in [0.5, 0.6) is 5.75 Å². The molecule has 0 fully saturated rings. The van der Waals surface area contributed by atoms with Gasteiger partial charge in [0.15, 0.2) is 5.60 Å². The number of methoxy groups -OCH3 is 1. The van der Waals surface area contributed by atoms with Crippen LogP contribution < -0.4 is 4.74 Å². The van der Waals surface area contributed by atoms with Crippen molar-refractivity contribution in [3.8, 4) is 22.7 Å². The fourth-order valence-electron chi connectivity index (χ4n) is 4.03. The molecule has 37 heavy (non-hydrogen) atoms. The van der Waals surface area contributed by atoms with E-state index in [4.69, 9.17) is 19.3 Å². The summed E-state index contributed by atoms with van der Waals surface area (Å²) in [5, 5.41) is 10.5. The Balaban J connectivity index is 1.80. The highest BCUT2D eigenvalue weighted by Crippen LogP contribution is 2.31. The van der Waals surface area contributed by atoms with E-state index in [0.29, 0.717) is 12.3 Å². The van der Waals surface area contributed by atoms with Crippen molar-refractivity contribution in [2.75, 3.05) is 13.7 Å². The summed E-state index contributed by atoms with van der Waals surface area (Å²) in [6, 6.07) is 16.1. The lowest BCUT2D eigenvalue weighted by Gasteiger charge is -2.21. The van der Waals surface area contributed by atoms with Gasteiger partial charge in [-0.1, -0.05) is 45.0 Å². The largest absolute Gasteiger partial charge is 0.493 e. The normalized spacial score (nSPS) is 12.2. The van der Waals surface area contributed by atoms with E-state index in [1.54, 1.807) is 13.8 Å². The summed E-state index contributed by atoms with van der Waals surface area (Å²) in [6.45, 7) is 13.4. The first kappa shape index (κ1) is 26.4. The average Bonchev–Trinajstić information content (AvgIpc) is 3.50. The number of hydrogen-bond acceptors (Lipinski definition) is 6. The zero-order valence-electron chi connectivity index (χ0n) is 22.7. The molecular formula is C29H36N4O4. The van der Waals surface area contributed by atoms with Crippen molar-refractivity contribution in [2.24, 2.45) is 5.41 Å². The fourth-order valence-corrected chi connectivity index (χ4v) is 4.03. The van der Waals surface area contributed by atoms with Crippen LogP contribution in [-0.2, 0) is 27.4 Å². The van der Waals surface area contributed by atoms with Crippen LogP contribution in [0.2, 0.25) is 0 Å². The number of benzene rings is 2. The molecule has 2 heterocycles. The van der Waals surface area contributed by atoms with Crippen LogP contribution in [0.4, 0.5) is 0 Å². The zero-order valence-corrected chi connectivity index (χ0v) is 22.7. The van der Waals surface area contributed by atoms with Crippen LogP contribution in [0.25, 0.3) is 27.8 Å². The molecule has 0 aliphatic rings. The molecule has 0 aliphatic carbocycles. The maximum absolute atomic E-state index is 12.1. The van der Waals surface area contributed by atoms with Crippen molar-refractivity contribution in [1.29, 1.82) is 0 Å². The molecule has 0 amide bonds. The van der Waals surface area contributed by atoms with Crippen LogP contribution in [-0.4, -0.2) is 44.8 Å². The number of ether oxygens (including phenoxy) is 3. The van der Waals surface area contributed by atoms with E-state index >= 15 is 0 Å². The fraction of sp³-hybridized carbons (Fsp3) is 0.414. The highest BCUT2D eigenvalue weighted by molar-refractivity contribution is 5.87. The highest BCUT2D eigenvalue weighted by atomic mass is 16.6. The van der Waals surface area contributed by atoms with Gasteiger partial charge in [-0.05, 0) is 50.5 Å². The summed E-state index contributed by atoms with van der Waals surface area (Å²) in [4.78, 5) is 12.1. The number of rotatable bonds is 9.